The van der Waals surface area contributed by atoms with Gasteiger partial charge in [0.2, 0.25) is 31.9 Å². The number of benzene rings is 2. The van der Waals surface area contributed by atoms with Gasteiger partial charge in [-0.2, -0.15) is 0 Å². The smallest absolute Gasteiger partial charge is 0.550 e. The summed E-state index contributed by atoms with van der Waals surface area (Å²) < 4.78 is 76.6. The van der Waals surface area contributed by atoms with Gasteiger partial charge in [0.1, 0.15) is 17.9 Å². The number of allylic oxidation sites excluding steroid dienone is 1. The molecule has 0 aliphatic heterocycles. The van der Waals surface area contributed by atoms with Crippen molar-refractivity contribution in [2.75, 3.05) is 35.2 Å². The van der Waals surface area contributed by atoms with Crippen molar-refractivity contribution < 1.29 is 50.5 Å². The molecule has 0 saturated carbocycles. The summed E-state index contributed by atoms with van der Waals surface area (Å²) in [6.07, 6.45) is 5.16. The molecule has 0 fully saturated rings. The number of nitrogens with zero attached hydrogens (tertiary/aromatic N) is 6. The Morgan fingerprint density at radius 3 is 1.45 bits per heavy atom. The number of rotatable bonds is 16. The van der Waals surface area contributed by atoms with Crippen molar-refractivity contribution in [1.29, 1.82) is 0 Å². The van der Waals surface area contributed by atoms with Crippen LogP contribution in [0.5, 0.6) is 0 Å². The number of sulfonamides is 2. The molecule has 0 saturated heterocycles. The first kappa shape index (κ1) is 51.9. The zero-order valence-corrected chi connectivity index (χ0v) is 38.3. The van der Waals surface area contributed by atoms with E-state index in [-0.39, 0.29) is 67.9 Å². The minimum absolute atomic E-state index is 0. The number of aliphatic carboxylic acids is 1. The van der Waals surface area contributed by atoms with Crippen LogP contribution >= 0.6 is 0 Å². The summed E-state index contributed by atoms with van der Waals surface area (Å²) in [5, 5.41) is 30.6. The molecule has 318 valence electrons. The van der Waals surface area contributed by atoms with E-state index in [1.165, 1.54) is 68.7 Å². The largest absolute Gasteiger partial charge is 2.00 e. The van der Waals surface area contributed by atoms with Crippen molar-refractivity contribution in [2.24, 2.45) is 0 Å². The number of hydrogen-bond acceptors (Lipinski definition) is 13. The zero-order chi connectivity index (χ0) is 44.4. The summed E-state index contributed by atoms with van der Waals surface area (Å²) in [5.74, 6) is -2.58. The van der Waals surface area contributed by atoms with Gasteiger partial charge < -0.3 is 20.1 Å². The van der Waals surface area contributed by atoms with Crippen LogP contribution in [-0.2, 0) is 29.6 Å². The van der Waals surface area contributed by atoms with Crippen LogP contribution in [0.3, 0.4) is 0 Å². The van der Waals surface area contributed by atoms with Crippen LogP contribution in [0, 0.1) is 11.6 Å². The number of anilines is 2. The van der Waals surface area contributed by atoms with Crippen molar-refractivity contribution in [2.45, 2.75) is 64.6 Å². The second-order valence-electron chi connectivity index (χ2n) is 14.0. The molecular formula is C40H47CaF2N6O9S2+. The van der Waals surface area contributed by atoms with Gasteiger partial charge in [0.25, 0.3) is 0 Å². The molecule has 4 rings (SSSR count). The molecule has 15 nitrogen and oxygen atoms in total. The zero-order valence-electron chi connectivity index (χ0n) is 34.4. The third-order valence-corrected chi connectivity index (χ3v) is 10.9. The number of hydrogen-bond donors (Lipinski definition) is 2. The van der Waals surface area contributed by atoms with Crippen LogP contribution in [0.1, 0.15) is 74.9 Å². The molecule has 0 unspecified atom stereocenters. The Labute approximate surface area is 379 Å². The quantitative estimate of drug-likeness (QED) is 0.0932. The number of carboxylic acids is 1. The molecule has 2 N–H and O–H groups in total. The third kappa shape index (κ3) is 14.7. The van der Waals surface area contributed by atoms with E-state index in [2.05, 4.69) is 19.9 Å². The molecule has 0 aliphatic rings. The molecule has 2 aromatic heterocycles. The van der Waals surface area contributed by atoms with Crippen molar-refractivity contribution in [1.82, 2.24) is 19.9 Å². The van der Waals surface area contributed by atoms with Crippen LogP contribution in [0.25, 0.3) is 34.7 Å². The Balaban J connectivity index is 0.000000418. The van der Waals surface area contributed by atoms with Crippen molar-refractivity contribution in [3.8, 4) is 22.5 Å². The van der Waals surface area contributed by atoms with E-state index in [9.17, 15) is 50.5 Å². The average molecular weight is 898 g/mol. The number of aliphatic hydroxyl groups excluding tert-OH is 2. The number of carboxylic acid groups (broad SMARTS) is 1. The molecule has 20 heteroatoms. The van der Waals surface area contributed by atoms with E-state index in [0.29, 0.717) is 51.3 Å². The minimum atomic E-state index is -3.66. The van der Waals surface area contributed by atoms with Gasteiger partial charge in [0.15, 0.2) is 0 Å². The Morgan fingerprint density at radius 2 is 1.12 bits per heavy atom. The molecule has 2 aromatic carbocycles. The Bertz CT molecular complexity index is 2400. The maximum Gasteiger partial charge on any atom is 2.00 e. The SMILES string of the molecule is CC(C)c1nc(N(C)S(C)(=O)=O)nc(-c2ccc(F)cc2)c1/C=C/C=O.CC(C)c1nc(N(C)S(C)(=O)=O)nc(-c2ccc(F)cc2)c1/C=C/[C@@H](O)C[C@@H](O)CC(=O)[O-].[Ca+2]. The molecule has 60 heavy (non-hydrogen) atoms. The summed E-state index contributed by atoms with van der Waals surface area (Å²) in [4.78, 5) is 39.0. The van der Waals surface area contributed by atoms with E-state index in [0.717, 1.165) is 21.1 Å². The van der Waals surface area contributed by atoms with Crippen LogP contribution in [-0.4, -0.2) is 136 Å². The maximum atomic E-state index is 13.5. The first-order chi connectivity index (χ1) is 27.4. The van der Waals surface area contributed by atoms with Crippen LogP contribution < -0.4 is 13.7 Å². The van der Waals surface area contributed by atoms with Gasteiger partial charge in [-0.3, -0.25) is 4.79 Å². The fourth-order valence-electron chi connectivity index (χ4n) is 5.37. The van der Waals surface area contributed by atoms with Gasteiger partial charge in [-0.15, -0.1) is 0 Å². The summed E-state index contributed by atoms with van der Waals surface area (Å²) >= 11 is 0. The normalized spacial score (nSPS) is 12.8. The summed E-state index contributed by atoms with van der Waals surface area (Å²) in [5.41, 5.74) is 3.95. The molecule has 0 bridgehead atoms. The number of halogens is 2. The van der Waals surface area contributed by atoms with E-state index in [4.69, 9.17) is 0 Å². The second-order valence-corrected chi connectivity index (χ2v) is 18.0. The topological polar surface area (TPSA) is 224 Å². The van der Waals surface area contributed by atoms with E-state index >= 15 is 0 Å². The minimum Gasteiger partial charge on any atom is -0.550 e. The first-order valence-corrected chi connectivity index (χ1v) is 21.7. The maximum absolute atomic E-state index is 13.5. The summed E-state index contributed by atoms with van der Waals surface area (Å²) in [6.45, 7) is 7.50. The predicted octanol–water partition coefficient (Wildman–Crippen LogP) is 3.70. The van der Waals surface area contributed by atoms with E-state index in [1.54, 1.807) is 18.2 Å². The number of carbonyl (C=O) groups is 2. The van der Waals surface area contributed by atoms with Gasteiger partial charge in [-0.25, -0.2) is 54.2 Å². The number of aldehydes is 1. The van der Waals surface area contributed by atoms with Crippen molar-refractivity contribution >= 4 is 94.1 Å². The van der Waals surface area contributed by atoms with Gasteiger partial charge >= 0.3 is 37.7 Å². The van der Waals surface area contributed by atoms with Crippen molar-refractivity contribution in [3.63, 3.8) is 0 Å². The molecule has 0 radical (unpaired) electrons. The average Bonchev–Trinajstić information content (AvgIpc) is 3.14. The fourth-order valence-corrected chi connectivity index (χ4v) is 6.12. The summed E-state index contributed by atoms with van der Waals surface area (Å²) in [7, 11) is -4.53. The monoisotopic (exact) mass is 897 g/mol. The molecule has 0 spiro atoms. The van der Waals surface area contributed by atoms with Crippen molar-refractivity contribution in [3.05, 3.63) is 94.8 Å². The Morgan fingerprint density at radius 1 is 0.733 bits per heavy atom. The molecule has 4 aromatic rings. The second kappa shape index (κ2) is 22.6. The van der Waals surface area contributed by atoms with Crippen LogP contribution in [0.4, 0.5) is 20.7 Å². The van der Waals surface area contributed by atoms with Gasteiger partial charge in [-0.1, -0.05) is 39.8 Å². The molecular weight excluding hydrogens is 851 g/mol. The summed E-state index contributed by atoms with van der Waals surface area (Å²) in [6, 6.07) is 11.1. The standard InChI is InChI=1S/C22H28FN3O6S.C18H20FN3O3S.Ca/c1-13(2)20-18(10-9-16(27)11-17(28)12-19(29)30)21(14-5-7-15(23)8-6-14)25-22(24-20)26(3)33(4,31)32;1-12(2)16-15(6-5-11-23)17(13-7-9-14(19)10-8-13)21-18(20-16)22(3)26(4,24)25;/h5-10,13,16-17,27-28H,11-12H2,1-4H3,(H,29,30);5-12H,1-4H3;/q;;+2/p-1/b10-9+;6-5+;/t16-,17-;;/m1../s1. The molecule has 2 atom stereocenters. The number of carbonyl (C=O) groups excluding carboxylic acids is 2. The van der Waals surface area contributed by atoms with Gasteiger partial charge in [-0.05, 0) is 72.5 Å². The Hall–Kier alpha value is -4.24. The first-order valence-electron chi connectivity index (χ1n) is 18.0. The van der Waals surface area contributed by atoms with Gasteiger partial charge in [0.05, 0.1) is 47.5 Å². The number of aromatic nitrogens is 4. The van der Waals surface area contributed by atoms with Crippen LogP contribution in [0.15, 0.2) is 60.7 Å². The van der Waals surface area contributed by atoms with E-state index in [1.807, 2.05) is 27.7 Å². The fraction of sp³-hybridized carbons (Fsp3) is 0.350. The number of aliphatic hydroxyl groups is 2. The van der Waals surface area contributed by atoms with E-state index < -0.39 is 56.3 Å². The molecule has 0 aliphatic carbocycles. The van der Waals surface area contributed by atoms with Crippen LogP contribution in [0.2, 0.25) is 0 Å². The molecule has 0 amide bonds. The Kier molecular flexibility index (Phi) is 19.5. The van der Waals surface area contributed by atoms with Gasteiger partial charge in [0, 0.05) is 55.2 Å². The third-order valence-electron chi connectivity index (χ3n) is 8.56. The predicted molar refractivity (Wildman–Crippen MR) is 226 cm³/mol. The molecule has 2 heterocycles.